The number of halogens is 1. The first-order valence-corrected chi connectivity index (χ1v) is 7.02. The van der Waals surface area contributed by atoms with Crippen molar-refractivity contribution in [3.63, 3.8) is 0 Å². The van der Waals surface area contributed by atoms with Crippen LogP contribution in [0.4, 0.5) is 5.82 Å². The predicted molar refractivity (Wildman–Crippen MR) is 69.6 cm³/mol. The Hall–Kier alpha value is -0.570. The number of hydrogen-bond donors (Lipinski definition) is 0. The molecule has 1 aromatic rings. The fourth-order valence-corrected chi connectivity index (χ4v) is 3.46. The highest BCUT2D eigenvalue weighted by Gasteiger charge is 2.36. The fraction of sp³-hybridized carbons (Fsp3) is 0.615. The molecule has 1 aliphatic heterocycles. The molecule has 1 saturated heterocycles. The molecule has 2 aliphatic rings. The van der Waals surface area contributed by atoms with E-state index in [2.05, 4.69) is 37.9 Å². The molecule has 1 aliphatic carbocycles. The van der Waals surface area contributed by atoms with Gasteiger partial charge in [0.25, 0.3) is 0 Å². The largest absolute Gasteiger partial charge is 0.353 e. The second-order valence-corrected chi connectivity index (χ2v) is 5.84. The number of aromatic nitrogens is 1. The second kappa shape index (κ2) is 4.36. The van der Waals surface area contributed by atoms with E-state index >= 15 is 0 Å². The quantitative estimate of drug-likeness (QED) is 0.781. The molecular formula is C13H17BrN2. The highest BCUT2D eigenvalue weighted by Crippen LogP contribution is 2.38. The summed E-state index contributed by atoms with van der Waals surface area (Å²) in [6.07, 6.45) is 8.89. The number of fused-ring (bicyclic) bond motifs is 1. The summed E-state index contributed by atoms with van der Waals surface area (Å²) in [6, 6.07) is 5.00. The first kappa shape index (κ1) is 10.6. The standard InChI is InChI=1S/C13H17BrN2/c14-11-5-6-13(15-9-11)16-8-7-10-3-1-2-4-12(10)16/h5-6,9-10,12H,1-4,7-8H2. The van der Waals surface area contributed by atoms with E-state index in [4.69, 9.17) is 0 Å². The van der Waals surface area contributed by atoms with Crippen molar-refractivity contribution in [2.75, 3.05) is 11.4 Å². The van der Waals surface area contributed by atoms with Crippen molar-refractivity contribution < 1.29 is 0 Å². The summed E-state index contributed by atoms with van der Waals surface area (Å²) in [5.41, 5.74) is 0. The zero-order valence-corrected chi connectivity index (χ0v) is 11.0. The molecule has 2 unspecified atom stereocenters. The van der Waals surface area contributed by atoms with Gasteiger partial charge in [-0.25, -0.2) is 4.98 Å². The van der Waals surface area contributed by atoms with Gasteiger partial charge >= 0.3 is 0 Å². The Balaban J connectivity index is 1.82. The lowest BCUT2D eigenvalue weighted by Crippen LogP contribution is -2.35. The lowest BCUT2D eigenvalue weighted by atomic mass is 9.85. The molecule has 86 valence electrons. The van der Waals surface area contributed by atoms with Crippen LogP contribution in [0.3, 0.4) is 0 Å². The van der Waals surface area contributed by atoms with Crippen LogP contribution in [0.1, 0.15) is 32.1 Å². The summed E-state index contributed by atoms with van der Waals surface area (Å²) in [5, 5.41) is 0. The Bertz CT molecular complexity index is 363. The van der Waals surface area contributed by atoms with Gasteiger partial charge in [0.2, 0.25) is 0 Å². The molecular weight excluding hydrogens is 264 g/mol. The van der Waals surface area contributed by atoms with Crippen molar-refractivity contribution in [2.45, 2.75) is 38.1 Å². The van der Waals surface area contributed by atoms with Gasteiger partial charge in [-0.3, -0.25) is 0 Å². The molecule has 3 heteroatoms. The predicted octanol–water partition coefficient (Wildman–Crippen LogP) is 3.61. The van der Waals surface area contributed by atoms with Crippen LogP contribution in [-0.2, 0) is 0 Å². The van der Waals surface area contributed by atoms with Crippen molar-refractivity contribution in [1.82, 2.24) is 4.98 Å². The van der Waals surface area contributed by atoms with Gasteiger partial charge in [-0.2, -0.15) is 0 Å². The minimum Gasteiger partial charge on any atom is -0.353 e. The van der Waals surface area contributed by atoms with E-state index in [0.717, 1.165) is 22.3 Å². The van der Waals surface area contributed by atoms with Gasteiger partial charge in [-0.15, -0.1) is 0 Å². The third-order valence-corrected chi connectivity index (χ3v) is 4.49. The van der Waals surface area contributed by atoms with Crippen molar-refractivity contribution in [3.8, 4) is 0 Å². The molecule has 2 fully saturated rings. The summed E-state index contributed by atoms with van der Waals surface area (Å²) in [7, 11) is 0. The van der Waals surface area contributed by atoms with Gasteiger partial charge in [-0.1, -0.05) is 12.8 Å². The van der Waals surface area contributed by atoms with Crippen LogP contribution in [-0.4, -0.2) is 17.6 Å². The summed E-state index contributed by atoms with van der Waals surface area (Å²) >= 11 is 3.44. The average molecular weight is 281 g/mol. The molecule has 0 amide bonds. The van der Waals surface area contributed by atoms with Gasteiger partial charge in [0.1, 0.15) is 5.82 Å². The Kier molecular flexibility index (Phi) is 2.88. The van der Waals surface area contributed by atoms with E-state index in [1.165, 1.54) is 38.6 Å². The first-order chi connectivity index (χ1) is 7.84. The van der Waals surface area contributed by atoms with E-state index < -0.39 is 0 Å². The van der Waals surface area contributed by atoms with Crippen molar-refractivity contribution in [3.05, 3.63) is 22.8 Å². The Morgan fingerprint density at radius 3 is 2.88 bits per heavy atom. The zero-order chi connectivity index (χ0) is 11.0. The second-order valence-electron chi connectivity index (χ2n) is 4.93. The molecule has 0 radical (unpaired) electrons. The maximum absolute atomic E-state index is 4.53. The molecule has 2 atom stereocenters. The Labute approximate surface area is 105 Å². The third-order valence-electron chi connectivity index (χ3n) is 4.02. The summed E-state index contributed by atoms with van der Waals surface area (Å²) in [6.45, 7) is 1.20. The van der Waals surface area contributed by atoms with Gasteiger partial charge in [0.05, 0.1) is 0 Å². The van der Waals surface area contributed by atoms with Gasteiger partial charge in [0.15, 0.2) is 0 Å². The van der Waals surface area contributed by atoms with Crippen LogP contribution in [0.2, 0.25) is 0 Å². The van der Waals surface area contributed by atoms with E-state index in [1.54, 1.807) is 0 Å². The SMILES string of the molecule is Brc1ccc(N2CCC3CCCCC32)nc1. The number of rotatable bonds is 1. The molecule has 0 N–H and O–H groups in total. The lowest BCUT2D eigenvalue weighted by molar-refractivity contribution is 0.341. The minimum atomic E-state index is 0.766. The summed E-state index contributed by atoms with van der Waals surface area (Å²) in [4.78, 5) is 7.05. The van der Waals surface area contributed by atoms with Crippen LogP contribution in [0.25, 0.3) is 0 Å². The molecule has 3 rings (SSSR count). The van der Waals surface area contributed by atoms with Crippen LogP contribution in [0.15, 0.2) is 22.8 Å². The van der Waals surface area contributed by atoms with Crippen molar-refractivity contribution in [1.29, 1.82) is 0 Å². The van der Waals surface area contributed by atoms with Gasteiger partial charge in [0, 0.05) is 23.3 Å². The van der Waals surface area contributed by atoms with E-state index in [9.17, 15) is 0 Å². The van der Waals surface area contributed by atoms with Gasteiger partial charge < -0.3 is 4.90 Å². The minimum absolute atomic E-state index is 0.766. The maximum Gasteiger partial charge on any atom is 0.128 e. The van der Waals surface area contributed by atoms with E-state index in [-0.39, 0.29) is 0 Å². The topological polar surface area (TPSA) is 16.1 Å². The average Bonchev–Trinajstić information content (AvgIpc) is 2.74. The highest BCUT2D eigenvalue weighted by atomic mass is 79.9. The number of anilines is 1. The summed E-state index contributed by atoms with van der Waals surface area (Å²) in [5.74, 6) is 2.09. The molecule has 16 heavy (non-hydrogen) atoms. The molecule has 1 saturated carbocycles. The lowest BCUT2D eigenvalue weighted by Gasteiger charge is -2.32. The third kappa shape index (κ3) is 1.86. The normalized spacial score (nSPS) is 29.2. The van der Waals surface area contributed by atoms with Crippen LogP contribution >= 0.6 is 15.9 Å². The molecule has 1 aromatic heterocycles. The summed E-state index contributed by atoms with van der Waals surface area (Å²) < 4.78 is 1.07. The maximum atomic E-state index is 4.53. The van der Waals surface area contributed by atoms with Crippen molar-refractivity contribution in [2.24, 2.45) is 5.92 Å². The number of hydrogen-bond acceptors (Lipinski definition) is 2. The van der Waals surface area contributed by atoms with E-state index in [1.807, 2.05) is 6.20 Å². The molecule has 0 bridgehead atoms. The highest BCUT2D eigenvalue weighted by molar-refractivity contribution is 9.10. The Morgan fingerprint density at radius 2 is 2.06 bits per heavy atom. The smallest absolute Gasteiger partial charge is 0.128 e. The van der Waals surface area contributed by atoms with E-state index in [0.29, 0.717) is 0 Å². The first-order valence-electron chi connectivity index (χ1n) is 6.23. The van der Waals surface area contributed by atoms with Crippen LogP contribution in [0.5, 0.6) is 0 Å². The molecule has 2 nitrogen and oxygen atoms in total. The van der Waals surface area contributed by atoms with Crippen LogP contribution in [0, 0.1) is 5.92 Å². The molecule has 0 spiro atoms. The number of nitrogens with zero attached hydrogens (tertiary/aromatic N) is 2. The monoisotopic (exact) mass is 280 g/mol. The number of pyridine rings is 1. The van der Waals surface area contributed by atoms with Crippen LogP contribution < -0.4 is 4.90 Å². The zero-order valence-electron chi connectivity index (χ0n) is 9.40. The Morgan fingerprint density at radius 1 is 1.19 bits per heavy atom. The van der Waals surface area contributed by atoms with Crippen molar-refractivity contribution >= 4 is 21.7 Å². The van der Waals surface area contributed by atoms with Gasteiger partial charge in [-0.05, 0) is 53.2 Å². The molecule has 2 heterocycles. The molecule has 0 aromatic carbocycles. The fourth-order valence-electron chi connectivity index (χ4n) is 3.23.